The maximum Gasteiger partial charge on any atom is 0.190 e. The molecule has 2 heterocycles. The SMILES string of the molecule is N/C(=N/O)c1ncccc1N1CCCC(CCO)C1. The van der Waals surface area contributed by atoms with Crippen LogP contribution in [0.3, 0.4) is 0 Å². The fourth-order valence-electron chi connectivity index (χ4n) is 2.60. The highest BCUT2D eigenvalue weighted by Crippen LogP contribution is 2.26. The van der Waals surface area contributed by atoms with Crippen LogP contribution in [0.25, 0.3) is 0 Å². The zero-order valence-electron chi connectivity index (χ0n) is 10.9. The summed E-state index contributed by atoms with van der Waals surface area (Å²) < 4.78 is 0. The van der Waals surface area contributed by atoms with Gasteiger partial charge in [0.05, 0.1) is 5.69 Å². The number of aliphatic hydroxyl groups is 1. The van der Waals surface area contributed by atoms with Crippen LogP contribution >= 0.6 is 0 Å². The average Bonchev–Trinajstić information content (AvgIpc) is 2.47. The van der Waals surface area contributed by atoms with E-state index in [2.05, 4.69) is 15.0 Å². The lowest BCUT2D eigenvalue weighted by Crippen LogP contribution is -2.37. The van der Waals surface area contributed by atoms with Gasteiger partial charge in [-0.3, -0.25) is 4.98 Å². The number of amidine groups is 1. The number of rotatable bonds is 4. The van der Waals surface area contributed by atoms with Crippen LogP contribution in [0, 0.1) is 5.92 Å². The van der Waals surface area contributed by atoms with Crippen LogP contribution in [0.1, 0.15) is 25.0 Å². The molecule has 0 amide bonds. The van der Waals surface area contributed by atoms with Crippen LogP contribution in [-0.2, 0) is 0 Å². The van der Waals surface area contributed by atoms with E-state index in [1.165, 1.54) is 0 Å². The van der Waals surface area contributed by atoms with Crippen molar-refractivity contribution < 1.29 is 10.3 Å². The molecule has 0 aliphatic carbocycles. The van der Waals surface area contributed by atoms with Crippen molar-refractivity contribution in [2.24, 2.45) is 16.8 Å². The molecule has 1 fully saturated rings. The van der Waals surface area contributed by atoms with Gasteiger partial charge in [0.1, 0.15) is 5.69 Å². The van der Waals surface area contributed by atoms with Gasteiger partial charge in [-0.05, 0) is 37.3 Å². The number of anilines is 1. The Morgan fingerprint density at radius 2 is 2.42 bits per heavy atom. The van der Waals surface area contributed by atoms with E-state index in [1.54, 1.807) is 6.20 Å². The van der Waals surface area contributed by atoms with Crippen LogP contribution < -0.4 is 10.6 Å². The van der Waals surface area contributed by atoms with Crippen molar-refractivity contribution in [1.82, 2.24) is 4.98 Å². The van der Waals surface area contributed by atoms with Crippen molar-refractivity contribution >= 4 is 11.5 Å². The lowest BCUT2D eigenvalue weighted by molar-refractivity contribution is 0.244. The van der Waals surface area contributed by atoms with E-state index < -0.39 is 0 Å². The smallest absolute Gasteiger partial charge is 0.190 e. The summed E-state index contributed by atoms with van der Waals surface area (Å²) in [7, 11) is 0. The summed E-state index contributed by atoms with van der Waals surface area (Å²) in [6.07, 6.45) is 4.66. The molecule has 4 N–H and O–H groups in total. The third-order valence-corrected chi connectivity index (χ3v) is 3.53. The van der Waals surface area contributed by atoms with Crippen LogP contribution in [0.5, 0.6) is 0 Å². The van der Waals surface area contributed by atoms with Crippen LogP contribution in [0.2, 0.25) is 0 Å². The highest BCUT2D eigenvalue weighted by Gasteiger charge is 2.22. The quantitative estimate of drug-likeness (QED) is 0.323. The maximum absolute atomic E-state index is 9.05. The van der Waals surface area contributed by atoms with E-state index in [4.69, 9.17) is 16.0 Å². The second-order valence-electron chi connectivity index (χ2n) is 4.82. The fraction of sp³-hybridized carbons (Fsp3) is 0.538. The molecule has 1 aliphatic rings. The third-order valence-electron chi connectivity index (χ3n) is 3.53. The van der Waals surface area contributed by atoms with E-state index in [0.29, 0.717) is 11.6 Å². The largest absolute Gasteiger partial charge is 0.409 e. The Bertz CT molecular complexity index is 448. The van der Waals surface area contributed by atoms with Crippen molar-refractivity contribution in [2.75, 3.05) is 24.6 Å². The van der Waals surface area contributed by atoms with E-state index in [0.717, 1.165) is 38.0 Å². The first kappa shape index (κ1) is 13.6. The molecule has 1 aliphatic heterocycles. The Balaban J connectivity index is 2.21. The number of pyridine rings is 1. The molecule has 1 saturated heterocycles. The Hall–Kier alpha value is -1.82. The molecule has 1 atom stereocenters. The molecule has 19 heavy (non-hydrogen) atoms. The summed E-state index contributed by atoms with van der Waals surface area (Å²) in [6, 6.07) is 3.78. The molecule has 0 bridgehead atoms. The van der Waals surface area contributed by atoms with E-state index in [1.807, 2.05) is 12.1 Å². The molecule has 104 valence electrons. The minimum atomic E-state index is 0.0277. The summed E-state index contributed by atoms with van der Waals surface area (Å²) in [5.41, 5.74) is 7.06. The first-order valence-electron chi connectivity index (χ1n) is 6.55. The van der Waals surface area contributed by atoms with Gasteiger partial charge in [0, 0.05) is 25.9 Å². The number of nitrogens with zero attached hydrogens (tertiary/aromatic N) is 3. The summed E-state index contributed by atoms with van der Waals surface area (Å²) in [5, 5.41) is 20.9. The summed E-state index contributed by atoms with van der Waals surface area (Å²) in [4.78, 5) is 6.39. The van der Waals surface area contributed by atoms with E-state index in [9.17, 15) is 0 Å². The molecule has 6 heteroatoms. The highest BCUT2D eigenvalue weighted by molar-refractivity contribution is 6.00. The molecule has 2 rings (SSSR count). The van der Waals surface area contributed by atoms with Gasteiger partial charge in [-0.25, -0.2) is 0 Å². The summed E-state index contributed by atoms with van der Waals surface area (Å²) >= 11 is 0. The monoisotopic (exact) mass is 264 g/mol. The molecular formula is C13H20N4O2. The number of piperidine rings is 1. The van der Waals surface area contributed by atoms with Crippen molar-refractivity contribution in [3.63, 3.8) is 0 Å². The molecule has 0 radical (unpaired) electrons. The molecule has 6 nitrogen and oxygen atoms in total. The predicted octanol–water partition coefficient (Wildman–Crippen LogP) is 0.775. The molecule has 0 saturated carbocycles. The summed E-state index contributed by atoms with van der Waals surface area (Å²) in [6.45, 7) is 2.02. The normalized spacial score (nSPS) is 20.6. The van der Waals surface area contributed by atoms with Gasteiger partial charge in [0.15, 0.2) is 5.84 Å². The van der Waals surface area contributed by atoms with Crippen molar-refractivity contribution in [1.29, 1.82) is 0 Å². The second kappa shape index (κ2) is 6.38. The fourth-order valence-corrected chi connectivity index (χ4v) is 2.60. The van der Waals surface area contributed by atoms with Gasteiger partial charge in [-0.15, -0.1) is 0 Å². The lowest BCUT2D eigenvalue weighted by Gasteiger charge is -2.34. The molecule has 0 spiro atoms. The molecule has 1 unspecified atom stereocenters. The van der Waals surface area contributed by atoms with Gasteiger partial charge < -0.3 is 20.9 Å². The molecule has 0 aromatic carbocycles. The van der Waals surface area contributed by atoms with E-state index in [-0.39, 0.29) is 12.4 Å². The number of nitrogens with two attached hydrogens (primary N) is 1. The Kier molecular flexibility index (Phi) is 4.57. The van der Waals surface area contributed by atoms with E-state index >= 15 is 0 Å². The number of oxime groups is 1. The Morgan fingerprint density at radius 1 is 1.58 bits per heavy atom. The minimum Gasteiger partial charge on any atom is -0.409 e. The highest BCUT2D eigenvalue weighted by atomic mass is 16.4. The Morgan fingerprint density at radius 3 is 3.16 bits per heavy atom. The molecule has 1 aromatic rings. The lowest BCUT2D eigenvalue weighted by atomic mass is 9.94. The first-order chi connectivity index (χ1) is 9.26. The van der Waals surface area contributed by atoms with Crippen LogP contribution in [0.15, 0.2) is 23.5 Å². The van der Waals surface area contributed by atoms with Gasteiger partial charge in [-0.1, -0.05) is 5.16 Å². The molecule has 1 aromatic heterocycles. The van der Waals surface area contributed by atoms with Crippen LogP contribution in [-0.4, -0.2) is 40.8 Å². The van der Waals surface area contributed by atoms with Crippen LogP contribution in [0.4, 0.5) is 5.69 Å². The predicted molar refractivity (Wildman–Crippen MR) is 73.4 cm³/mol. The average molecular weight is 264 g/mol. The zero-order valence-corrected chi connectivity index (χ0v) is 10.9. The van der Waals surface area contributed by atoms with Gasteiger partial charge in [0.2, 0.25) is 0 Å². The van der Waals surface area contributed by atoms with Crippen molar-refractivity contribution in [3.05, 3.63) is 24.0 Å². The Labute approximate surface area is 112 Å². The van der Waals surface area contributed by atoms with Gasteiger partial charge >= 0.3 is 0 Å². The number of aromatic nitrogens is 1. The minimum absolute atomic E-state index is 0.0277. The number of hydrogen-bond donors (Lipinski definition) is 3. The number of aliphatic hydroxyl groups excluding tert-OH is 1. The van der Waals surface area contributed by atoms with Crippen molar-refractivity contribution in [3.8, 4) is 0 Å². The maximum atomic E-state index is 9.05. The standard InChI is InChI=1S/C13H20N4O2/c14-13(16-19)12-11(4-1-6-15-12)17-7-2-3-10(9-17)5-8-18/h1,4,6,10,18-19H,2-3,5,7-9H2,(H2,14,16). The third kappa shape index (κ3) is 3.14. The number of hydrogen-bond acceptors (Lipinski definition) is 5. The molecular weight excluding hydrogens is 244 g/mol. The summed E-state index contributed by atoms with van der Waals surface area (Å²) in [5.74, 6) is 0.513. The first-order valence-corrected chi connectivity index (χ1v) is 6.55. The van der Waals surface area contributed by atoms with Gasteiger partial charge in [-0.2, -0.15) is 0 Å². The van der Waals surface area contributed by atoms with Gasteiger partial charge in [0.25, 0.3) is 0 Å². The van der Waals surface area contributed by atoms with Crippen molar-refractivity contribution in [2.45, 2.75) is 19.3 Å². The second-order valence-corrected chi connectivity index (χ2v) is 4.82. The topological polar surface area (TPSA) is 95.0 Å². The zero-order chi connectivity index (χ0) is 13.7.